The zero-order valence-electron chi connectivity index (χ0n) is 6.74. The molecule has 0 unspecified atom stereocenters. The van der Waals surface area contributed by atoms with Crippen LogP contribution in [0.25, 0.3) is 0 Å². The number of benzene rings is 1. The van der Waals surface area contributed by atoms with E-state index in [4.69, 9.17) is 11.6 Å². The molecule has 0 fully saturated rings. The lowest BCUT2D eigenvalue weighted by Gasteiger charge is -2.06. The van der Waals surface area contributed by atoms with Crippen LogP contribution < -0.4 is 6.15 Å². The van der Waals surface area contributed by atoms with Crippen molar-refractivity contribution in [2.45, 2.75) is 12.1 Å². The topological polar surface area (TPSA) is 35.0 Å². The lowest BCUT2D eigenvalue weighted by atomic mass is 10.1. The third-order valence-corrected chi connectivity index (χ3v) is 1.72. The summed E-state index contributed by atoms with van der Waals surface area (Å²) in [6, 6.07) is 4.98. The molecule has 0 amide bonds. The van der Waals surface area contributed by atoms with E-state index in [1.165, 1.54) is 6.07 Å². The van der Waals surface area contributed by atoms with Crippen LogP contribution in [-0.4, -0.2) is 0 Å². The van der Waals surface area contributed by atoms with E-state index >= 15 is 0 Å². The van der Waals surface area contributed by atoms with Gasteiger partial charge in [0, 0.05) is 5.88 Å². The third-order valence-electron chi connectivity index (χ3n) is 1.41. The zero-order valence-corrected chi connectivity index (χ0v) is 7.49. The Kier molecular flexibility index (Phi) is 4.23. The Morgan fingerprint density at radius 3 is 2.31 bits per heavy atom. The molecule has 1 nitrogen and oxygen atoms in total. The molecule has 3 N–H and O–H groups in total. The van der Waals surface area contributed by atoms with E-state index in [0.717, 1.165) is 12.1 Å². The summed E-state index contributed by atoms with van der Waals surface area (Å²) in [5, 5.41) is 0. The standard InChI is InChI=1S/C8H6ClF3.H3N/c9-5-6-2-1-3-7(4-6)8(10,11)12;/h1-4H,5H2;1H3. The van der Waals surface area contributed by atoms with Gasteiger partial charge in [-0.3, -0.25) is 0 Å². The van der Waals surface area contributed by atoms with Crippen LogP contribution in [0.2, 0.25) is 0 Å². The summed E-state index contributed by atoms with van der Waals surface area (Å²) in [5.41, 5.74) is -0.174. The first kappa shape index (κ1) is 12.3. The van der Waals surface area contributed by atoms with Crippen molar-refractivity contribution in [2.75, 3.05) is 0 Å². The Bertz CT molecular complexity index is 272. The van der Waals surface area contributed by atoms with Crippen molar-refractivity contribution in [2.24, 2.45) is 0 Å². The highest BCUT2D eigenvalue weighted by Crippen LogP contribution is 2.29. The van der Waals surface area contributed by atoms with Crippen LogP contribution in [0.3, 0.4) is 0 Å². The summed E-state index contributed by atoms with van der Waals surface area (Å²) < 4.78 is 36.2. The first-order chi connectivity index (χ1) is 5.54. The molecule has 74 valence electrons. The van der Waals surface area contributed by atoms with Gasteiger partial charge in [0.05, 0.1) is 5.56 Å². The van der Waals surface area contributed by atoms with Gasteiger partial charge in [0.25, 0.3) is 0 Å². The van der Waals surface area contributed by atoms with Crippen molar-refractivity contribution in [3.63, 3.8) is 0 Å². The van der Waals surface area contributed by atoms with Crippen LogP contribution in [0.1, 0.15) is 11.1 Å². The van der Waals surface area contributed by atoms with Gasteiger partial charge in [-0.25, -0.2) is 0 Å². The fourth-order valence-electron chi connectivity index (χ4n) is 0.831. The summed E-state index contributed by atoms with van der Waals surface area (Å²) >= 11 is 5.38. The van der Waals surface area contributed by atoms with Gasteiger partial charge in [0.1, 0.15) is 0 Å². The lowest BCUT2D eigenvalue weighted by Crippen LogP contribution is -2.04. The van der Waals surface area contributed by atoms with Crippen LogP contribution in [0.4, 0.5) is 13.2 Å². The molecule has 0 atom stereocenters. The van der Waals surface area contributed by atoms with Crippen molar-refractivity contribution in [1.29, 1.82) is 0 Å². The van der Waals surface area contributed by atoms with Crippen molar-refractivity contribution < 1.29 is 13.2 Å². The molecular formula is C8H9ClF3N. The maximum Gasteiger partial charge on any atom is 0.416 e. The van der Waals surface area contributed by atoms with Crippen LogP contribution in [0.15, 0.2) is 24.3 Å². The first-order valence-corrected chi connectivity index (χ1v) is 3.79. The molecule has 0 aliphatic carbocycles. The summed E-state index contributed by atoms with van der Waals surface area (Å²) in [6.45, 7) is 0. The van der Waals surface area contributed by atoms with E-state index < -0.39 is 11.7 Å². The molecule has 0 saturated carbocycles. The van der Waals surface area contributed by atoms with Gasteiger partial charge < -0.3 is 6.15 Å². The van der Waals surface area contributed by atoms with Gasteiger partial charge >= 0.3 is 6.18 Å². The second-order valence-corrected chi connectivity index (χ2v) is 2.60. The number of hydrogen-bond acceptors (Lipinski definition) is 1. The molecule has 0 aromatic heterocycles. The largest absolute Gasteiger partial charge is 0.416 e. The van der Waals surface area contributed by atoms with Crippen molar-refractivity contribution in [1.82, 2.24) is 6.15 Å². The molecule has 1 rings (SSSR count). The van der Waals surface area contributed by atoms with Gasteiger partial charge in [-0.1, -0.05) is 18.2 Å². The van der Waals surface area contributed by atoms with E-state index in [9.17, 15) is 13.2 Å². The number of alkyl halides is 4. The molecular weight excluding hydrogens is 203 g/mol. The van der Waals surface area contributed by atoms with E-state index in [2.05, 4.69) is 0 Å². The highest BCUT2D eigenvalue weighted by atomic mass is 35.5. The third kappa shape index (κ3) is 3.24. The highest BCUT2D eigenvalue weighted by Gasteiger charge is 2.30. The maximum atomic E-state index is 12.1. The first-order valence-electron chi connectivity index (χ1n) is 3.26. The smallest absolute Gasteiger partial charge is 0.344 e. The van der Waals surface area contributed by atoms with E-state index in [-0.39, 0.29) is 12.0 Å². The molecule has 1 aromatic rings. The normalized spacial score (nSPS) is 10.8. The molecule has 0 radical (unpaired) electrons. The quantitative estimate of drug-likeness (QED) is 0.708. The fraction of sp³-hybridized carbons (Fsp3) is 0.250. The van der Waals surface area contributed by atoms with Gasteiger partial charge in [-0.15, -0.1) is 11.6 Å². The monoisotopic (exact) mass is 211 g/mol. The lowest BCUT2D eigenvalue weighted by molar-refractivity contribution is -0.137. The zero-order chi connectivity index (χ0) is 9.19. The van der Waals surface area contributed by atoms with Crippen molar-refractivity contribution in [3.8, 4) is 0 Å². The van der Waals surface area contributed by atoms with Crippen LogP contribution in [0, 0.1) is 0 Å². The maximum absolute atomic E-state index is 12.1. The summed E-state index contributed by atoms with van der Waals surface area (Å²) in [6.07, 6.45) is -4.28. The molecule has 0 heterocycles. The average Bonchev–Trinajstić information content (AvgIpc) is 2.03. The molecule has 0 saturated heterocycles. The van der Waals surface area contributed by atoms with Crippen LogP contribution >= 0.6 is 11.6 Å². The SMILES string of the molecule is FC(F)(F)c1cccc(CCl)c1.N. The average molecular weight is 212 g/mol. The number of rotatable bonds is 1. The Labute approximate surface area is 79.1 Å². The second-order valence-electron chi connectivity index (χ2n) is 2.33. The molecule has 0 bridgehead atoms. The highest BCUT2D eigenvalue weighted by molar-refractivity contribution is 6.17. The minimum Gasteiger partial charge on any atom is -0.344 e. The number of halogens is 4. The van der Waals surface area contributed by atoms with Gasteiger partial charge in [0.2, 0.25) is 0 Å². The van der Waals surface area contributed by atoms with Crippen LogP contribution in [0.5, 0.6) is 0 Å². The molecule has 0 aliphatic rings. The summed E-state index contributed by atoms with van der Waals surface area (Å²) in [4.78, 5) is 0. The van der Waals surface area contributed by atoms with Gasteiger partial charge in [-0.05, 0) is 11.6 Å². The van der Waals surface area contributed by atoms with Gasteiger partial charge in [-0.2, -0.15) is 13.2 Å². The Hall–Kier alpha value is -0.740. The van der Waals surface area contributed by atoms with Crippen LogP contribution in [-0.2, 0) is 12.1 Å². The van der Waals surface area contributed by atoms with E-state index in [1.54, 1.807) is 6.07 Å². The molecule has 13 heavy (non-hydrogen) atoms. The fourth-order valence-corrected chi connectivity index (χ4v) is 0.997. The molecule has 5 heteroatoms. The minimum absolute atomic E-state index is 0. The Morgan fingerprint density at radius 1 is 1.23 bits per heavy atom. The second kappa shape index (κ2) is 4.48. The predicted molar refractivity (Wildman–Crippen MR) is 46.0 cm³/mol. The van der Waals surface area contributed by atoms with Crippen molar-refractivity contribution in [3.05, 3.63) is 35.4 Å². The summed E-state index contributed by atoms with van der Waals surface area (Å²) in [5.74, 6) is 0.101. The van der Waals surface area contributed by atoms with Crippen molar-refractivity contribution >= 4 is 11.6 Å². The van der Waals surface area contributed by atoms with E-state index in [1.807, 2.05) is 0 Å². The Balaban J connectivity index is 0.00000144. The molecule has 0 aliphatic heterocycles. The minimum atomic E-state index is -4.28. The van der Waals surface area contributed by atoms with Gasteiger partial charge in [0.15, 0.2) is 0 Å². The molecule has 1 aromatic carbocycles. The summed E-state index contributed by atoms with van der Waals surface area (Å²) in [7, 11) is 0. The Morgan fingerprint density at radius 2 is 1.85 bits per heavy atom. The van der Waals surface area contributed by atoms with E-state index in [0.29, 0.717) is 5.56 Å². The predicted octanol–water partition coefficient (Wildman–Crippen LogP) is 3.61. The number of hydrogen-bond donors (Lipinski definition) is 1. The molecule has 0 spiro atoms.